The maximum Gasteiger partial charge on any atom is 0.272 e. The quantitative estimate of drug-likeness (QED) is 0.687. The van der Waals surface area contributed by atoms with Crippen LogP contribution in [0.1, 0.15) is 16.2 Å². The molecule has 0 spiro atoms. The molecule has 0 atom stereocenters. The molecule has 30 heavy (non-hydrogen) atoms. The minimum atomic E-state index is -3.82. The van der Waals surface area contributed by atoms with Crippen molar-refractivity contribution in [2.75, 3.05) is 34.7 Å². The number of aromatic nitrogens is 2. The summed E-state index contributed by atoms with van der Waals surface area (Å²) in [6, 6.07) is 4.44. The predicted octanol–water partition coefficient (Wildman–Crippen LogP) is 2.28. The number of carbonyl (C=O) groups is 1. The first-order valence-electron chi connectivity index (χ1n) is 8.97. The van der Waals surface area contributed by atoms with Crippen molar-refractivity contribution in [3.8, 4) is 11.1 Å². The summed E-state index contributed by atoms with van der Waals surface area (Å²) >= 11 is 6.14. The third-order valence-corrected chi connectivity index (χ3v) is 6.65. The fourth-order valence-electron chi connectivity index (χ4n) is 2.86. The van der Waals surface area contributed by atoms with Gasteiger partial charge < -0.3 is 10.6 Å². The number of nitrogens with zero attached hydrogens (tertiary/aromatic N) is 4. The molecule has 0 aliphatic rings. The third kappa shape index (κ3) is 4.72. The third-order valence-electron chi connectivity index (χ3n) is 4.35. The van der Waals surface area contributed by atoms with E-state index < -0.39 is 21.8 Å². The Bertz CT molecular complexity index is 1090. The Hall–Kier alpha value is -2.27. The number of rotatable bonds is 7. The molecule has 0 saturated heterocycles. The van der Waals surface area contributed by atoms with Crippen LogP contribution in [0.4, 0.5) is 4.39 Å². The van der Waals surface area contributed by atoms with E-state index in [-0.39, 0.29) is 28.7 Å². The lowest BCUT2D eigenvalue weighted by molar-refractivity contribution is 0.0816. The zero-order valence-electron chi connectivity index (χ0n) is 17.5. The Morgan fingerprint density at radius 1 is 1.30 bits per heavy atom. The van der Waals surface area contributed by atoms with E-state index in [0.29, 0.717) is 16.8 Å². The highest BCUT2D eigenvalue weighted by molar-refractivity contribution is 7.89. The van der Waals surface area contributed by atoms with Crippen LogP contribution in [0, 0.1) is 6.92 Å². The molecule has 2 rings (SSSR count). The first-order valence-corrected chi connectivity index (χ1v) is 10.8. The van der Waals surface area contributed by atoms with Gasteiger partial charge in [-0.05, 0) is 30.7 Å². The normalized spacial score (nSPS) is 12.5. The summed E-state index contributed by atoms with van der Waals surface area (Å²) in [4.78, 5) is 14.2. The number of hydrogen-bond acceptors (Lipinski definition) is 5. The average molecular weight is 458 g/mol. The zero-order chi connectivity index (χ0) is 22.8. The topological polar surface area (TPSA) is 102 Å². The van der Waals surface area contributed by atoms with Crippen LogP contribution >= 0.6 is 11.6 Å². The van der Waals surface area contributed by atoms with Crippen molar-refractivity contribution in [3.63, 3.8) is 0 Å². The van der Waals surface area contributed by atoms with Crippen LogP contribution in [0.25, 0.3) is 11.1 Å². The molecule has 0 radical (unpaired) electrons. The second kappa shape index (κ2) is 9.25. The van der Waals surface area contributed by atoms with Crippen LogP contribution in [-0.2, 0) is 16.6 Å². The number of halogens is 2. The monoisotopic (exact) mass is 457 g/mol. The van der Waals surface area contributed by atoms with Crippen molar-refractivity contribution in [2.45, 2.75) is 18.4 Å². The SMILES string of the molecule is Cc1nn(C/C(F)=C/CN)c(C(=O)N(C)C)c1-c1ccc(Cl)c(S(=O)(=O)N(C)C)c1. The fourth-order valence-corrected chi connectivity index (χ4v) is 4.25. The molecule has 0 bridgehead atoms. The van der Waals surface area contributed by atoms with Gasteiger partial charge in [-0.15, -0.1) is 0 Å². The fraction of sp³-hybridized carbons (Fsp3) is 0.368. The van der Waals surface area contributed by atoms with Gasteiger partial charge in [0.2, 0.25) is 10.0 Å². The summed E-state index contributed by atoms with van der Waals surface area (Å²) in [7, 11) is 2.10. The highest BCUT2D eigenvalue weighted by Gasteiger charge is 2.27. The predicted molar refractivity (Wildman–Crippen MR) is 115 cm³/mol. The van der Waals surface area contributed by atoms with Gasteiger partial charge in [0.1, 0.15) is 16.4 Å². The standard InChI is InChI=1S/C19H25ClFN5O3S/c1-12-17(13-6-7-15(20)16(10-13)30(28,29)25(4)5)18(19(27)24(2)3)26(23-12)11-14(21)8-9-22/h6-8,10H,9,11,22H2,1-5H3/b14-8-. The van der Waals surface area contributed by atoms with Gasteiger partial charge in [-0.2, -0.15) is 5.10 Å². The van der Waals surface area contributed by atoms with Crippen molar-refractivity contribution >= 4 is 27.5 Å². The smallest absolute Gasteiger partial charge is 0.272 e. The molecule has 0 fully saturated rings. The Balaban J connectivity index is 2.78. The van der Waals surface area contributed by atoms with E-state index in [0.717, 1.165) is 4.31 Å². The molecule has 2 N–H and O–H groups in total. The van der Waals surface area contributed by atoms with Gasteiger partial charge in [-0.1, -0.05) is 17.7 Å². The molecule has 0 aliphatic heterocycles. The maximum atomic E-state index is 14.1. The van der Waals surface area contributed by atoms with Crippen LogP contribution in [0.2, 0.25) is 5.02 Å². The molecule has 1 amide bonds. The maximum absolute atomic E-state index is 14.1. The number of sulfonamides is 1. The van der Waals surface area contributed by atoms with Gasteiger partial charge in [0.25, 0.3) is 5.91 Å². The number of hydrogen-bond donors (Lipinski definition) is 1. The van der Waals surface area contributed by atoms with Gasteiger partial charge in [-0.25, -0.2) is 17.1 Å². The van der Waals surface area contributed by atoms with Crippen LogP contribution in [0.5, 0.6) is 0 Å². The first kappa shape index (κ1) is 24.0. The van der Waals surface area contributed by atoms with Crippen LogP contribution in [0.15, 0.2) is 35.0 Å². The van der Waals surface area contributed by atoms with Crippen molar-refractivity contribution in [1.29, 1.82) is 0 Å². The van der Waals surface area contributed by atoms with E-state index in [1.165, 1.54) is 41.9 Å². The van der Waals surface area contributed by atoms with E-state index in [9.17, 15) is 17.6 Å². The van der Waals surface area contributed by atoms with Gasteiger partial charge in [-0.3, -0.25) is 9.48 Å². The average Bonchev–Trinajstić information content (AvgIpc) is 2.96. The minimum Gasteiger partial charge on any atom is -0.343 e. The highest BCUT2D eigenvalue weighted by Crippen LogP contribution is 2.34. The summed E-state index contributed by atoms with van der Waals surface area (Å²) in [5.41, 5.74) is 6.76. The molecule has 8 nitrogen and oxygen atoms in total. The Kier molecular flexibility index (Phi) is 7.40. The molecular weight excluding hydrogens is 433 g/mol. The first-order chi connectivity index (χ1) is 13.9. The zero-order valence-corrected chi connectivity index (χ0v) is 19.1. The van der Waals surface area contributed by atoms with E-state index >= 15 is 0 Å². The van der Waals surface area contributed by atoms with Gasteiger partial charge in [0.05, 0.1) is 17.3 Å². The van der Waals surface area contributed by atoms with E-state index in [1.54, 1.807) is 27.1 Å². The van der Waals surface area contributed by atoms with Gasteiger partial charge in [0, 0.05) is 40.3 Å². The van der Waals surface area contributed by atoms with Crippen molar-refractivity contribution in [2.24, 2.45) is 5.73 Å². The second-order valence-electron chi connectivity index (χ2n) is 6.99. The molecule has 1 aromatic carbocycles. The largest absolute Gasteiger partial charge is 0.343 e. The summed E-state index contributed by atoms with van der Waals surface area (Å²) in [5, 5.41) is 4.37. The number of amides is 1. The number of nitrogens with two attached hydrogens (primary N) is 1. The Labute approximate surface area is 180 Å². The number of benzene rings is 1. The lowest BCUT2D eigenvalue weighted by Crippen LogP contribution is -2.26. The molecule has 1 heterocycles. The molecule has 0 aliphatic carbocycles. The Morgan fingerprint density at radius 3 is 2.47 bits per heavy atom. The van der Waals surface area contributed by atoms with Crippen LogP contribution in [0.3, 0.4) is 0 Å². The lowest BCUT2D eigenvalue weighted by atomic mass is 10.0. The molecular formula is C19H25ClFN5O3S. The molecule has 2 aromatic rings. The second-order valence-corrected chi connectivity index (χ2v) is 9.51. The van der Waals surface area contributed by atoms with Crippen molar-refractivity contribution in [1.82, 2.24) is 19.0 Å². The van der Waals surface area contributed by atoms with Crippen LogP contribution < -0.4 is 5.73 Å². The number of carbonyl (C=O) groups excluding carboxylic acids is 1. The number of allylic oxidation sites excluding steroid dienone is 1. The molecule has 0 unspecified atom stereocenters. The van der Waals surface area contributed by atoms with E-state index in [4.69, 9.17) is 17.3 Å². The molecule has 1 aromatic heterocycles. The molecule has 0 saturated carbocycles. The molecule has 164 valence electrons. The summed E-state index contributed by atoms with van der Waals surface area (Å²) in [6.07, 6.45) is 1.20. The van der Waals surface area contributed by atoms with Gasteiger partial charge >= 0.3 is 0 Å². The Morgan fingerprint density at radius 2 is 1.93 bits per heavy atom. The molecule has 11 heteroatoms. The number of aryl methyl sites for hydroxylation is 1. The summed E-state index contributed by atoms with van der Waals surface area (Å²) in [6.45, 7) is 1.40. The summed E-state index contributed by atoms with van der Waals surface area (Å²) < 4.78 is 41.7. The van der Waals surface area contributed by atoms with Crippen molar-refractivity contribution < 1.29 is 17.6 Å². The highest BCUT2D eigenvalue weighted by atomic mass is 35.5. The minimum absolute atomic E-state index is 0.0127. The van der Waals surface area contributed by atoms with Gasteiger partial charge in [0.15, 0.2) is 0 Å². The van der Waals surface area contributed by atoms with E-state index in [2.05, 4.69) is 5.10 Å². The van der Waals surface area contributed by atoms with Crippen molar-refractivity contribution in [3.05, 3.63) is 46.5 Å². The van der Waals surface area contributed by atoms with Crippen LogP contribution in [-0.4, -0.2) is 68.0 Å². The summed E-state index contributed by atoms with van der Waals surface area (Å²) in [5.74, 6) is -0.940. The lowest BCUT2D eigenvalue weighted by Gasteiger charge is -2.16. The van der Waals surface area contributed by atoms with E-state index in [1.807, 2.05) is 0 Å².